The molecular weight excluding hydrogens is 531 g/mol. The first-order chi connectivity index (χ1) is 15.7. The fourth-order valence-corrected chi connectivity index (χ4v) is 4.88. The van der Waals surface area contributed by atoms with E-state index in [9.17, 15) is 0 Å². The number of halogens is 1. The van der Waals surface area contributed by atoms with Crippen LogP contribution in [0, 0.1) is 0 Å². The third kappa shape index (κ3) is 6.42. The van der Waals surface area contributed by atoms with Crippen molar-refractivity contribution < 1.29 is 13.9 Å². The number of nitrogens with zero attached hydrogens (tertiary/aromatic N) is 2. The van der Waals surface area contributed by atoms with E-state index in [2.05, 4.69) is 38.7 Å². The van der Waals surface area contributed by atoms with Gasteiger partial charge in [0.2, 0.25) is 0 Å². The maximum atomic E-state index is 5.76. The summed E-state index contributed by atoms with van der Waals surface area (Å²) in [5.74, 6) is 2.71. The summed E-state index contributed by atoms with van der Waals surface area (Å²) >= 11 is 0. The smallest absolute Gasteiger partial charge is 0.191 e. The fraction of sp³-hybridized carbons (Fsp3) is 0.560. The lowest BCUT2D eigenvalue weighted by atomic mass is 9.74. The Kier molecular flexibility index (Phi) is 9.88. The molecule has 33 heavy (non-hydrogen) atoms. The predicted molar refractivity (Wildman–Crippen MR) is 142 cm³/mol. The molecule has 8 heteroatoms. The molecule has 2 aliphatic rings. The molecule has 0 radical (unpaired) electrons. The van der Waals surface area contributed by atoms with Crippen molar-refractivity contribution in [1.82, 2.24) is 15.5 Å². The van der Waals surface area contributed by atoms with Gasteiger partial charge in [-0.15, -0.1) is 24.0 Å². The maximum Gasteiger partial charge on any atom is 0.191 e. The first-order valence-electron chi connectivity index (χ1n) is 11.7. The summed E-state index contributed by atoms with van der Waals surface area (Å²) in [5.41, 5.74) is 1.33. The van der Waals surface area contributed by atoms with Crippen LogP contribution in [0.15, 0.2) is 52.1 Å². The number of hydrogen-bond acceptors (Lipinski definition) is 5. The van der Waals surface area contributed by atoms with Crippen LogP contribution in [-0.2, 0) is 10.2 Å². The number of guanidine groups is 1. The summed E-state index contributed by atoms with van der Waals surface area (Å²) in [5, 5.41) is 7.15. The standard InChI is InChI=1S/C25H36N4O3.HI/c1-26-24(27-18-22(23-6-5-15-32-23)29-13-3-4-14-29)28-19-25(11-16-31-17-12-25)20-7-9-21(30-2)10-8-20;/h5-10,15,22H,3-4,11-14,16-19H2,1-2H3,(H2,26,27,28);1H. The molecule has 2 fully saturated rings. The lowest BCUT2D eigenvalue weighted by Crippen LogP contribution is -2.49. The molecule has 0 bridgehead atoms. The Morgan fingerprint density at radius 1 is 1.12 bits per heavy atom. The lowest BCUT2D eigenvalue weighted by Gasteiger charge is -2.38. The van der Waals surface area contributed by atoms with Crippen LogP contribution >= 0.6 is 24.0 Å². The molecule has 2 aliphatic heterocycles. The molecule has 182 valence electrons. The number of methoxy groups -OCH3 is 1. The minimum atomic E-state index is 0. The largest absolute Gasteiger partial charge is 0.497 e. The fourth-order valence-electron chi connectivity index (χ4n) is 4.88. The summed E-state index contributed by atoms with van der Waals surface area (Å²) in [6, 6.07) is 12.7. The van der Waals surface area contributed by atoms with Gasteiger partial charge in [0.25, 0.3) is 0 Å². The van der Waals surface area contributed by atoms with Crippen molar-refractivity contribution in [2.75, 3.05) is 53.6 Å². The summed E-state index contributed by atoms with van der Waals surface area (Å²) < 4.78 is 16.8. The first kappa shape index (κ1) is 25.8. The van der Waals surface area contributed by atoms with Gasteiger partial charge in [-0.25, -0.2) is 0 Å². The molecule has 0 spiro atoms. The van der Waals surface area contributed by atoms with Crippen molar-refractivity contribution in [3.8, 4) is 5.75 Å². The molecule has 2 N–H and O–H groups in total. The van der Waals surface area contributed by atoms with Gasteiger partial charge in [-0.1, -0.05) is 12.1 Å². The van der Waals surface area contributed by atoms with Gasteiger partial charge < -0.3 is 24.5 Å². The summed E-state index contributed by atoms with van der Waals surface area (Å²) in [7, 11) is 3.53. The summed E-state index contributed by atoms with van der Waals surface area (Å²) in [4.78, 5) is 7.00. The van der Waals surface area contributed by atoms with E-state index in [0.717, 1.165) is 69.7 Å². The van der Waals surface area contributed by atoms with E-state index < -0.39 is 0 Å². The van der Waals surface area contributed by atoms with E-state index in [0.29, 0.717) is 0 Å². The highest BCUT2D eigenvalue weighted by Gasteiger charge is 2.35. The molecule has 3 heterocycles. The third-order valence-electron chi connectivity index (χ3n) is 6.89. The van der Waals surface area contributed by atoms with Gasteiger partial charge in [0.1, 0.15) is 11.5 Å². The van der Waals surface area contributed by atoms with Crippen LogP contribution in [0.1, 0.15) is 43.0 Å². The zero-order valence-corrected chi connectivity index (χ0v) is 22.0. The minimum absolute atomic E-state index is 0. The molecule has 1 atom stereocenters. The monoisotopic (exact) mass is 568 g/mol. The number of hydrogen-bond donors (Lipinski definition) is 2. The average molecular weight is 569 g/mol. The molecule has 7 nitrogen and oxygen atoms in total. The van der Waals surface area contributed by atoms with Gasteiger partial charge in [0.05, 0.1) is 19.4 Å². The number of ether oxygens (including phenoxy) is 2. The predicted octanol–water partition coefficient (Wildman–Crippen LogP) is 3.96. The Hall–Kier alpha value is -1.78. The zero-order valence-electron chi connectivity index (χ0n) is 19.7. The van der Waals surface area contributed by atoms with E-state index in [4.69, 9.17) is 13.9 Å². The summed E-state index contributed by atoms with van der Waals surface area (Å²) in [6.07, 6.45) is 6.21. The SMILES string of the molecule is CN=C(NCC(c1ccco1)N1CCCC1)NCC1(c2ccc(OC)cc2)CCOCC1.I. The molecule has 2 saturated heterocycles. The molecule has 4 rings (SSSR count). The first-order valence-corrected chi connectivity index (χ1v) is 11.7. The third-order valence-corrected chi connectivity index (χ3v) is 6.89. The van der Waals surface area contributed by atoms with Gasteiger partial charge in [-0.05, 0) is 68.6 Å². The average Bonchev–Trinajstić information content (AvgIpc) is 3.57. The molecule has 0 saturated carbocycles. The van der Waals surface area contributed by atoms with Crippen molar-refractivity contribution in [3.63, 3.8) is 0 Å². The maximum absolute atomic E-state index is 5.76. The minimum Gasteiger partial charge on any atom is -0.497 e. The highest BCUT2D eigenvalue weighted by atomic mass is 127. The molecule has 0 amide bonds. The van der Waals surface area contributed by atoms with E-state index in [1.54, 1.807) is 13.4 Å². The van der Waals surface area contributed by atoms with E-state index in [1.807, 2.05) is 25.2 Å². The van der Waals surface area contributed by atoms with Crippen molar-refractivity contribution in [3.05, 3.63) is 54.0 Å². The second-order valence-corrected chi connectivity index (χ2v) is 8.70. The molecule has 2 aromatic rings. The normalized spacial score (nSPS) is 19.5. The van der Waals surface area contributed by atoms with Crippen molar-refractivity contribution >= 4 is 29.9 Å². The van der Waals surface area contributed by atoms with Crippen LogP contribution in [0.4, 0.5) is 0 Å². The van der Waals surface area contributed by atoms with Crippen molar-refractivity contribution in [2.24, 2.45) is 4.99 Å². The zero-order chi connectivity index (χ0) is 22.2. The topological polar surface area (TPSA) is 71.3 Å². The Balaban J connectivity index is 0.00000306. The van der Waals surface area contributed by atoms with Crippen LogP contribution in [0.5, 0.6) is 5.75 Å². The Labute approximate surface area is 214 Å². The Morgan fingerprint density at radius 2 is 1.85 bits per heavy atom. The van der Waals surface area contributed by atoms with E-state index in [-0.39, 0.29) is 35.4 Å². The molecular formula is C25H37IN4O3. The summed E-state index contributed by atoms with van der Waals surface area (Å²) in [6.45, 7) is 5.33. The van der Waals surface area contributed by atoms with E-state index >= 15 is 0 Å². The van der Waals surface area contributed by atoms with Gasteiger partial charge in [-0.3, -0.25) is 9.89 Å². The van der Waals surface area contributed by atoms with Crippen LogP contribution < -0.4 is 15.4 Å². The lowest BCUT2D eigenvalue weighted by molar-refractivity contribution is 0.0513. The second-order valence-electron chi connectivity index (χ2n) is 8.70. The number of likely N-dealkylation sites (tertiary alicyclic amines) is 1. The Morgan fingerprint density at radius 3 is 2.45 bits per heavy atom. The number of rotatable bonds is 8. The van der Waals surface area contributed by atoms with Crippen molar-refractivity contribution in [1.29, 1.82) is 0 Å². The number of benzene rings is 1. The number of nitrogens with one attached hydrogen (secondary N) is 2. The Bertz CT molecular complexity index is 845. The number of aliphatic imine (C=N–C) groups is 1. The van der Waals surface area contributed by atoms with Crippen LogP contribution in [0.25, 0.3) is 0 Å². The highest BCUT2D eigenvalue weighted by Crippen LogP contribution is 2.35. The van der Waals surface area contributed by atoms with Gasteiger partial charge in [0, 0.05) is 38.8 Å². The van der Waals surface area contributed by atoms with Crippen LogP contribution in [0.3, 0.4) is 0 Å². The molecule has 1 unspecified atom stereocenters. The van der Waals surface area contributed by atoms with Crippen LogP contribution in [-0.4, -0.2) is 64.4 Å². The molecule has 1 aromatic carbocycles. The highest BCUT2D eigenvalue weighted by molar-refractivity contribution is 14.0. The molecule has 0 aliphatic carbocycles. The van der Waals surface area contributed by atoms with Crippen molar-refractivity contribution in [2.45, 2.75) is 37.1 Å². The van der Waals surface area contributed by atoms with Crippen LogP contribution in [0.2, 0.25) is 0 Å². The second kappa shape index (κ2) is 12.6. The van der Waals surface area contributed by atoms with Gasteiger partial charge in [0.15, 0.2) is 5.96 Å². The van der Waals surface area contributed by atoms with E-state index in [1.165, 1.54) is 18.4 Å². The molecule has 1 aromatic heterocycles. The quantitative estimate of drug-likeness (QED) is 0.286. The van der Waals surface area contributed by atoms with Gasteiger partial charge in [-0.2, -0.15) is 0 Å². The van der Waals surface area contributed by atoms with Gasteiger partial charge >= 0.3 is 0 Å². The number of furan rings is 1.